The van der Waals surface area contributed by atoms with E-state index in [0.717, 1.165) is 11.6 Å². The van der Waals surface area contributed by atoms with E-state index >= 15 is 0 Å². The van der Waals surface area contributed by atoms with Crippen molar-refractivity contribution < 1.29 is 22.7 Å². The number of nitrogens with zero attached hydrogens (tertiary/aromatic N) is 2. The van der Waals surface area contributed by atoms with Gasteiger partial charge in [-0.25, -0.2) is 4.98 Å². The van der Waals surface area contributed by atoms with Crippen LogP contribution < -0.4 is 16.2 Å². The average molecular weight is 442 g/mol. The lowest BCUT2D eigenvalue weighted by atomic mass is 10.0. The van der Waals surface area contributed by atoms with Crippen LogP contribution in [0.15, 0.2) is 60.7 Å². The summed E-state index contributed by atoms with van der Waals surface area (Å²) >= 11 is 0. The fourth-order valence-corrected chi connectivity index (χ4v) is 3.58. The lowest BCUT2D eigenvalue weighted by Crippen LogP contribution is -2.55. The maximum atomic E-state index is 13.4. The van der Waals surface area contributed by atoms with Crippen LogP contribution in [0.25, 0.3) is 11.3 Å². The first-order valence-corrected chi connectivity index (χ1v) is 9.92. The molecule has 0 spiro atoms. The largest absolute Gasteiger partial charge is 0.457 e. The highest BCUT2D eigenvalue weighted by atomic mass is 19.4. The molecule has 2 aromatic carbocycles. The van der Waals surface area contributed by atoms with Gasteiger partial charge in [0.15, 0.2) is 0 Å². The van der Waals surface area contributed by atoms with Crippen molar-refractivity contribution in [2.45, 2.75) is 18.8 Å². The minimum absolute atomic E-state index is 0.000408. The Hall–Kier alpha value is -3.43. The molecule has 1 aliphatic heterocycles. The van der Waals surface area contributed by atoms with Crippen LogP contribution in [0.3, 0.4) is 0 Å². The summed E-state index contributed by atoms with van der Waals surface area (Å²) in [6.45, 7) is 1.28. The molecule has 1 aromatic heterocycles. The van der Waals surface area contributed by atoms with E-state index in [9.17, 15) is 18.0 Å². The number of benzene rings is 2. The van der Waals surface area contributed by atoms with Crippen LogP contribution >= 0.6 is 0 Å². The normalized spacial score (nSPS) is 14.8. The number of primary amides is 1. The molecule has 3 aromatic rings. The summed E-state index contributed by atoms with van der Waals surface area (Å²) in [5.74, 6) is 0.140. The second-order valence-corrected chi connectivity index (χ2v) is 7.67. The number of carbonyl (C=O) groups is 1. The summed E-state index contributed by atoms with van der Waals surface area (Å²) in [6.07, 6.45) is -4.45. The van der Waals surface area contributed by atoms with Gasteiger partial charge < -0.3 is 16.2 Å². The Bertz CT molecular complexity index is 1130. The van der Waals surface area contributed by atoms with Crippen LogP contribution in [0.5, 0.6) is 11.5 Å². The molecule has 4 rings (SSSR count). The van der Waals surface area contributed by atoms with E-state index in [1.165, 1.54) is 18.2 Å². The molecule has 32 heavy (non-hydrogen) atoms. The van der Waals surface area contributed by atoms with Crippen LogP contribution in [-0.4, -0.2) is 34.9 Å². The van der Waals surface area contributed by atoms with Crippen molar-refractivity contribution in [1.29, 1.82) is 0 Å². The van der Waals surface area contributed by atoms with Crippen LogP contribution in [0.4, 0.5) is 13.2 Å². The van der Waals surface area contributed by atoms with Crippen molar-refractivity contribution in [3.63, 3.8) is 0 Å². The number of likely N-dealkylation sites (tertiary alicyclic amines) is 1. The summed E-state index contributed by atoms with van der Waals surface area (Å²) in [6, 6.07) is 15.6. The molecule has 166 valence electrons. The van der Waals surface area contributed by atoms with Gasteiger partial charge >= 0.3 is 6.18 Å². The van der Waals surface area contributed by atoms with Crippen molar-refractivity contribution >= 4 is 5.91 Å². The zero-order valence-corrected chi connectivity index (χ0v) is 17.0. The van der Waals surface area contributed by atoms with Gasteiger partial charge in [-0.2, -0.15) is 13.2 Å². The summed E-state index contributed by atoms with van der Waals surface area (Å²) in [7, 11) is 0. The highest BCUT2D eigenvalue weighted by molar-refractivity contribution is 5.91. The minimum atomic E-state index is -4.45. The number of hydrogen-bond donors (Lipinski definition) is 2. The lowest BCUT2D eigenvalue weighted by Gasteiger charge is -2.37. The minimum Gasteiger partial charge on any atom is -0.457 e. The number of hydrogen-bond acceptors (Lipinski definition) is 5. The number of amides is 1. The number of aromatic nitrogens is 1. The van der Waals surface area contributed by atoms with E-state index < -0.39 is 17.6 Å². The van der Waals surface area contributed by atoms with Gasteiger partial charge in [0.1, 0.15) is 17.2 Å². The molecule has 0 bridgehead atoms. The Kier molecular flexibility index (Phi) is 5.86. The van der Waals surface area contributed by atoms with Crippen LogP contribution in [0.1, 0.15) is 21.6 Å². The monoisotopic (exact) mass is 442 g/mol. The zero-order valence-electron chi connectivity index (χ0n) is 17.0. The highest BCUT2D eigenvalue weighted by Gasteiger charge is 2.35. The molecule has 1 saturated heterocycles. The summed E-state index contributed by atoms with van der Waals surface area (Å²) in [4.78, 5) is 17.4. The molecule has 4 N–H and O–H groups in total. The van der Waals surface area contributed by atoms with Crippen LogP contribution in [0.2, 0.25) is 0 Å². The van der Waals surface area contributed by atoms with Gasteiger partial charge in [0.2, 0.25) is 0 Å². The van der Waals surface area contributed by atoms with Gasteiger partial charge in [0.25, 0.3) is 5.91 Å². The first-order valence-electron chi connectivity index (χ1n) is 9.92. The standard InChI is InChI=1S/C23H21F3N4O2/c24-23(25,26)19-9-8-18(10-15(19)11-30-12-16(27)13-30)32-17-6-4-14(5-7-17)20-2-1-3-21(29-20)22(28)31/h1-10,16H,11-13,27H2,(H2,28,31). The number of halogens is 3. The van der Waals surface area contributed by atoms with E-state index in [-0.39, 0.29) is 23.8 Å². The second kappa shape index (κ2) is 8.60. The first kappa shape index (κ1) is 21.8. The molecule has 9 heteroatoms. The number of pyridine rings is 1. The molecular weight excluding hydrogens is 421 g/mol. The predicted octanol–water partition coefficient (Wildman–Crippen LogP) is 3.80. The SMILES string of the molecule is NC(=O)c1cccc(-c2ccc(Oc3ccc(C(F)(F)F)c(CN4CC(N)C4)c3)cc2)n1. The molecule has 0 atom stereocenters. The Morgan fingerprint density at radius 2 is 1.75 bits per heavy atom. The van der Waals surface area contributed by atoms with E-state index in [4.69, 9.17) is 16.2 Å². The van der Waals surface area contributed by atoms with Gasteiger partial charge in [-0.3, -0.25) is 9.69 Å². The van der Waals surface area contributed by atoms with Crippen LogP contribution in [-0.2, 0) is 12.7 Å². The van der Waals surface area contributed by atoms with Gasteiger partial charge in [-0.15, -0.1) is 0 Å². The highest BCUT2D eigenvalue weighted by Crippen LogP contribution is 2.36. The molecule has 0 unspecified atom stereocenters. The lowest BCUT2D eigenvalue weighted by molar-refractivity contribution is -0.138. The van der Waals surface area contributed by atoms with Gasteiger partial charge in [0, 0.05) is 31.2 Å². The molecule has 0 radical (unpaired) electrons. The fraction of sp³-hybridized carbons (Fsp3) is 0.217. The van der Waals surface area contributed by atoms with Gasteiger partial charge in [0.05, 0.1) is 11.3 Å². The summed E-state index contributed by atoms with van der Waals surface area (Å²) in [5.41, 5.74) is 11.9. The van der Waals surface area contributed by atoms with Crippen molar-refractivity contribution in [1.82, 2.24) is 9.88 Å². The molecule has 0 saturated carbocycles. The van der Waals surface area contributed by atoms with E-state index in [0.29, 0.717) is 30.3 Å². The molecule has 6 nitrogen and oxygen atoms in total. The first-order chi connectivity index (χ1) is 15.2. The van der Waals surface area contributed by atoms with Crippen molar-refractivity contribution in [2.24, 2.45) is 11.5 Å². The fourth-order valence-electron chi connectivity index (χ4n) is 3.58. The predicted molar refractivity (Wildman–Crippen MR) is 113 cm³/mol. The Labute approximate surface area is 182 Å². The van der Waals surface area contributed by atoms with E-state index in [1.807, 2.05) is 4.90 Å². The third-order valence-electron chi connectivity index (χ3n) is 5.15. The van der Waals surface area contributed by atoms with Crippen molar-refractivity contribution in [3.8, 4) is 22.8 Å². The molecule has 2 heterocycles. The molecule has 1 aliphatic rings. The third kappa shape index (κ3) is 4.90. The van der Waals surface area contributed by atoms with Crippen molar-refractivity contribution in [3.05, 3.63) is 77.5 Å². The number of nitrogens with two attached hydrogens (primary N) is 2. The van der Waals surface area contributed by atoms with Gasteiger partial charge in [-0.05, 0) is 60.2 Å². The van der Waals surface area contributed by atoms with E-state index in [2.05, 4.69) is 4.98 Å². The number of rotatable bonds is 6. The smallest absolute Gasteiger partial charge is 0.416 e. The second-order valence-electron chi connectivity index (χ2n) is 7.67. The third-order valence-corrected chi connectivity index (χ3v) is 5.15. The quantitative estimate of drug-likeness (QED) is 0.606. The maximum Gasteiger partial charge on any atom is 0.416 e. The zero-order chi connectivity index (χ0) is 22.9. The summed E-state index contributed by atoms with van der Waals surface area (Å²) < 4.78 is 46.1. The van der Waals surface area contributed by atoms with Crippen molar-refractivity contribution in [2.75, 3.05) is 13.1 Å². The Morgan fingerprint density at radius 3 is 2.38 bits per heavy atom. The number of ether oxygens (including phenoxy) is 1. The maximum absolute atomic E-state index is 13.4. The van der Waals surface area contributed by atoms with Gasteiger partial charge in [-0.1, -0.05) is 6.07 Å². The number of carbonyl (C=O) groups excluding carboxylic acids is 1. The molecular formula is C23H21F3N4O2. The average Bonchev–Trinajstić information content (AvgIpc) is 2.72. The molecule has 1 amide bonds. The number of alkyl halides is 3. The Morgan fingerprint density at radius 1 is 1.06 bits per heavy atom. The Balaban J connectivity index is 1.53. The van der Waals surface area contributed by atoms with E-state index in [1.54, 1.807) is 36.4 Å². The van der Waals surface area contributed by atoms with Crippen LogP contribution in [0, 0.1) is 0 Å². The summed E-state index contributed by atoms with van der Waals surface area (Å²) in [5, 5.41) is 0. The topological polar surface area (TPSA) is 94.5 Å². The molecule has 1 fully saturated rings. The molecule has 0 aliphatic carbocycles.